The highest BCUT2D eigenvalue weighted by Gasteiger charge is 2.43. The Hall–Kier alpha value is -0.890. The van der Waals surface area contributed by atoms with Crippen LogP contribution in [0.25, 0.3) is 0 Å². The van der Waals surface area contributed by atoms with Crippen molar-refractivity contribution in [3.05, 3.63) is 22.7 Å². The second kappa shape index (κ2) is 9.35. The van der Waals surface area contributed by atoms with Gasteiger partial charge in [-0.2, -0.15) is 0 Å². The Morgan fingerprint density at radius 3 is 2.65 bits per heavy atom. The van der Waals surface area contributed by atoms with Gasteiger partial charge in [0.15, 0.2) is 17.5 Å². The van der Waals surface area contributed by atoms with E-state index in [-0.39, 0.29) is 24.0 Å². The lowest BCUT2D eigenvalue weighted by molar-refractivity contribution is 0.151. The lowest BCUT2D eigenvalue weighted by atomic mass is 9.68. The molecule has 0 amide bonds. The van der Waals surface area contributed by atoms with Gasteiger partial charge in [0.05, 0.1) is 18.7 Å². The topological polar surface area (TPSA) is 46.1 Å². The quantitative estimate of drug-likeness (QED) is 0.377. The molecular weight excluding hydrogens is 465 g/mol. The van der Waals surface area contributed by atoms with E-state index in [4.69, 9.17) is 21.1 Å². The van der Waals surface area contributed by atoms with Gasteiger partial charge in [-0.1, -0.05) is 18.0 Å². The third kappa shape index (κ3) is 4.50. The van der Waals surface area contributed by atoms with Crippen LogP contribution >= 0.6 is 35.6 Å². The van der Waals surface area contributed by atoms with Crippen LogP contribution in [0.15, 0.2) is 17.1 Å². The predicted molar refractivity (Wildman–Crippen MR) is 117 cm³/mol. The first-order chi connectivity index (χ1) is 12.1. The molecule has 7 heteroatoms. The Kier molecular flexibility index (Phi) is 7.70. The summed E-state index contributed by atoms with van der Waals surface area (Å²) in [4.78, 5) is 6.85. The number of benzene rings is 1. The molecule has 146 valence electrons. The first-order valence-corrected chi connectivity index (χ1v) is 9.43. The number of hydrogen-bond donors (Lipinski definition) is 1. The Labute approximate surface area is 178 Å². The standard InChI is InChI=1S/C19H28ClN3O2.HI/c1-4-25-17-15(20)10-14(11-16(17)24-3)12-22-18(21-2)23-9-8-19(13-23)6-5-7-19;/h10-11H,4-9,12-13H2,1-3H3,(H,21,22);1H. The molecule has 1 aliphatic carbocycles. The van der Waals surface area contributed by atoms with E-state index in [0.717, 1.165) is 24.6 Å². The van der Waals surface area contributed by atoms with E-state index in [9.17, 15) is 0 Å². The fourth-order valence-electron chi connectivity index (χ4n) is 3.87. The van der Waals surface area contributed by atoms with Crippen molar-refractivity contribution in [1.82, 2.24) is 10.2 Å². The Bertz CT molecular complexity index is 650. The van der Waals surface area contributed by atoms with Crippen molar-refractivity contribution in [2.24, 2.45) is 10.4 Å². The number of rotatable bonds is 5. The number of aliphatic imine (C=N–C) groups is 1. The van der Waals surface area contributed by atoms with Crippen LogP contribution in [0, 0.1) is 5.41 Å². The van der Waals surface area contributed by atoms with Crippen molar-refractivity contribution in [3.8, 4) is 11.5 Å². The number of halogens is 2. The summed E-state index contributed by atoms with van der Waals surface area (Å²) in [5.41, 5.74) is 1.60. The summed E-state index contributed by atoms with van der Waals surface area (Å²) in [5.74, 6) is 2.23. The van der Waals surface area contributed by atoms with Crippen LogP contribution in [0.3, 0.4) is 0 Å². The van der Waals surface area contributed by atoms with Gasteiger partial charge in [-0.3, -0.25) is 4.99 Å². The van der Waals surface area contributed by atoms with Crippen LogP contribution < -0.4 is 14.8 Å². The molecule has 1 saturated carbocycles. The van der Waals surface area contributed by atoms with Crippen molar-refractivity contribution in [2.45, 2.75) is 39.2 Å². The first kappa shape index (κ1) is 21.4. The third-order valence-electron chi connectivity index (χ3n) is 5.39. The van der Waals surface area contributed by atoms with E-state index in [1.807, 2.05) is 26.1 Å². The number of nitrogens with zero attached hydrogens (tertiary/aromatic N) is 2. The number of nitrogens with one attached hydrogen (secondary N) is 1. The SMILES string of the molecule is CCOc1c(Cl)cc(CNC(=NC)N2CCC3(CCC3)C2)cc1OC.I. The molecule has 26 heavy (non-hydrogen) atoms. The van der Waals surface area contributed by atoms with Gasteiger partial charge >= 0.3 is 0 Å². The summed E-state index contributed by atoms with van der Waals surface area (Å²) >= 11 is 6.36. The van der Waals surface area contributed by atoms with Crippen molar-refractivity contribution in [2.75, 3.05) is 33.9 Å². The molecule has 0 unspecified atom stereocenters. The number of guanidine groups is 1. The molecular formula is C19H29ClIN3O2. The molecule has 2 fully saturated rings. The Morgan fingerprint density at radius 1 is 1.35 bits per heavy atom. The van der Waals surface area contributed by atoms with Crippen molar-refractivity contribution < 1.29 is 9.47 Å². The van der Waals surface area contributed by atoms with Crippen LogP contribution in [0.2, 0.25) is 5.02 Å². The zero-order chi connectivity index (χ0) is 17.9. The van der Waals surface area contributed by atoms with Gasteiger partial charge in [0.2, 0.25) is 0 Å². The normalized spacial score (nSPS) is 18.3. The van der Waals surface area contributed by atoms with E-state index < -0.39 is 0 Å². The molecule has 1 N–H and O–H groups in total. The van der Waals surface area contributed by atoms with Gasteiger partial charge in [0, 0.05) is 26.7 Å². The minimum Gasteiger partial charge on any atom is -0.493 e. The molecule has 1 aromatic carbocycles. The zero-order valence-corrected chi connectivity index (χ0v) is 18.9. The monoisotopic (exact) mass is 493 g/mol. The van der Waals surface area contributed by atoms with Gasteiger partial charge in [-0.05, 0) is 49.3 Å². The average molecular weight is 494 g/mol. The van der Waals surface area contributed by atoms with Crippen LogP contribution in [-0.2, 0) is 6.54 Å². The van der Waals surface area contributed by atoms with Gasteiger partial charge in [0.1, 0.15) is 0 Å². The Balaban J connectivity index is 0.00000243. The van der Waals surface area contributed by atoms with E-state index >= 15 is 0 Å². The van der Waals surface area contributed by atoms with Gasteiger partial charge in [-0.15, -0.1) is 24.0 Å². The van der Waals surface area contributed by atoms with Crippen LogP contribution in [0.4, 0.5) is 0 Å². The fraction of sp³-hybridized carbons (Fsp3) is 0.632. The second-order valence-electron chi connectivity index (χ2n) is 6.97. The van der Waals surface area contributed by atoms with Crippen LogP contribution in [-0.4, -0.2) is 44.7 Å². The fourth-order valence-corrected chi connectivity index (χ4v) is 4.16. The molecule has 1 spiro atoms. The molecule has 1 heterocycles. The van der Waals surface area contributed by atoms with E-state index in [1.165, 1.54) is 25.7 Å². The van der Waals surface area contributed by atoms with Crippen LogP contribution in [0.5, 0.6) is 11.5 Å². The summed E-state index contributed by atoms with van der Waals surface area (Å²) in [5, 5.41) is 4.04. The van der Waals surface area contributed by atoms with Gasteiger partial charge in [-0.25, -0.2) is 0 Å². The minimum atomic E-state index is 0. The average Bonchev–Trinajstić information content (AvgIpc) is 3.03. The molecule has 0 aromatic heterocycles. The molecule has 1 aliphatic heterocycles. The summed E-state index contributed by atoms with van der Waals surface area (Å²) in [6.07, 6.45) is 5.40. The summed E-state index contributed by atoms with van der Waals surface area (Å²) in [7, 11) is 3.48. The van der Waals surface area contributed by atoms with Gasteiger partial charge in [0.25, 0.3) is 0 Å². The van der Waals surface area contributed by atoms with E-state index in [2.05, 4.69) is 15.2 Å². The molecule has 5 nitrogen and oxygen atoms in total. The number of hydrogen-bond acceptors (Lipinski definition) is 3. The zero-order valence-electron chi connectivity index (χ0n) is 15.8. The lowest BCUT2D eigenvalue weighted by Crippen LogP contribution is -2.42. The number of ether oxygens (including phenoxy) is 2. The smallest absolute Gasteiger partial charge is 0.193 e. The third-order valence-corrected chi connectivity index (χ3v) is 5.67. The minimum absolute atomic E-state index is 0. The largest absolute Gasteiger partial charge is 0.493 e. The highest BCUT2D eigenvalue weighted by Crippen LogP contribution is 2.47. The first-order valence-electron chi connectivity index (χ1n) is 9.05. The van der Waals surface area contributed by atoms with Gasteiger partial charge < -0.3 is 19.7 Å². The molecule has 0 atom stereocenters. The highest BCUT2D eigenvalue weighted by molar-refractivity contribution is 14.0. The van der Waals surface area contributed by atoms with Crippen molar-refractivity contribution in [1.29, 1.82) is 0 Å². The highest BCUT2D eigenvalue weighted by atomic mass is 127. The van der Waals surface area contributed by atoms with Crippen LogP contribution in [0.1, 0.15) is 38.2 Å². The van der Waals surface area contributed by atoms with E-state index in [1.54, 1.807) is 7.11 Å². The predicted octanol–water partition coefficient (Wildman–Crippen LogP) is 4.32. The molecule has 1 saturated heterocycles. The molecule has 0 radical (unpaired) electrons. The molecule has 0 bridgehead atoms. The molecule has 1 aromatic rings. The lowest BCUT2D eigenvalue weighted by Gasteiger charge is -2.38. The van der Waals surface area contributed by atoms with Crippen molar-refractivity contribution >= 4 is 41.5 Å². The number of methoxy groups -OCH3 is 1. The Morgan fingerprint density at radius 2 is 2.12 bits per heavy atom. The second-order valence-corrected chi connectivity index (χ2v) is 7.38. The summed E-state index contributed by atoms with van der Waals surface area (Å²) in [6.45, 7) is 5.35. The molecule has 2 aliphatic rings. The maximum atomic E-state index is 6.36. The summed E-state index contributed by atoms with van der Waals surface area (Å²) < 4.78 is 11.0. The molecule has 3 rings (SSSR count). The maximum Gasteiger partial charge on any atom is 0.193 e. The number of likely N-dealkylation sites (tertiary alicyclic amines) is 1. The maximum absolute atomic E-state index is 6.36. The summed E-state index contributed by atoms with van der Waals surface area (Å²) in [6, 6.07) is 3.89. The van der Waals surface area contributed by atoms with E-state index in [0.29, 0.717) is 35.1 Å². The van der Waals surface area contributed by atoms with Crippen molar-refractivity contribution in [3.63, 3.8) is 0 Å².